The summed E-state index contributed by atoms with van der Waals surface area (Å²) in [6, 6.07) is 3.75. The number of nitroso groups, excluding NO2 is 1. The van der Waals surface area contributed by atoms with E-state index in [1.807, 2.05) is 12.1 Å². The van der Waals surface area contributed by atoms with E-state index in [0.717, 1.165) is 16.0 Å². The summed E-state index contributed by atoms with van der Waals surface area (Å²) in [6.45, 7) is 0.416. The minimum absolute atomic E-state index is 0.416. The van der Waals surface area contributed by atoms with Crippen molar-refractivity contribution in [3.05, 3.63) is 40.7 Å². The zero-order chi connectivity index (χ0) is 7.68. The molecule has 3 nitrogen and oxygen atoms in total. The van der Waals surface area contributed by atoms with Crippen LogP contribution in [0.1, 0.15) is 11.3 Å². The van der Waals surface area contributed by atoms with Crippen LogP contribution in [0.5, 0.6) is 0 Å². The first kappa shape index (κ1) is 6.22. The lowest BCUT2D eigenvalue weighted by atomic mass is 10.1. The zero-order valence-corrected chi connectivity index (χ0v) is 5.90. The Bertz CT molecular complexity index is 331. The average Bonchev–Trinajstić information content (AvgIpc) is 2.04. The molecule has 1 aromatic rings. The van der Waals surface area contributed by atoms with Crippen LogP contribution in [0.2, 0.25) is 0 Å². The van der Waals surface area contributed by atoms with Crippen LogP contribution < -0.4 is 0 Å². The maximum Gasteiger partial charge on any atom is 0.225 e. The summed E-state index contributed by atoms with van der Waals surface area (Å²) in [5.74, 6) is 0. The van der Waals surface area contributed by atoms with Crippen molar-refractivity contribution in [1.82, 2.24) is 4.98 Å². The van der Waals surface area contributed by atoms with Crippen molar-refractivity contribution < 1.29 is 4.76 Å². The Balaban J connectivity index is 2.54. The van der Waals surface area contributed by atoms with Gasteiger partial charge in [-0.2, -0.15) is 0 Å². The quantitative estimate of drug-likeness (QED) is 0.519. The van der Waals surface area contributed by atoms with Crippen LogP contribution in [0.4, 0.5) is 0 Å². The summed E-state index contributed by atoms with van der Waals surface area (Å²) in [7, 11) is 0. The van der Waals surface area contributed by atoms with Crippen LogP contribution in [0, 0.1) is 4.91 Å². The molecule has 0 aromatic carbocycles. The average molecular weight is 147 g/mol. The van der Waals surface area contributed by atoms with E-state index >= 15 is 0 Å². The van der Waals surface area contributed by atoms with Crippen molar-refractivity contribution in [3.63, 3.8) is 0 Å². The van der Waals surface area contributed by atoms with E-state index in [0.29, 0.717) is 6.54 Å². The molecular weight excluding hydrogens is 140 g/mol. The molecule has 0 atom stereocenters. The van der Waals surface area contributed by atoms with Crippen LogP contribution in [-0.2, 0) is 6.54 Å². The van der Waals surface area contributed by atoms with Gasteiger partial charge in [0, 0.05) is 27.5 Å². The van der Waals surface area contributed by atoms with E-state index in [1.165, 1.54) is 6.20 Å². The summed E-state index contributed by atoms with van der Waals surface area (Å²) < 4.78 is 0.893. The highest BCUT2D eigenvalue weighted by Gasteiger charge is 2.15. The molecule has 3 heteroatoms. The van der Waals surface area contributed by atoms with Crippen LogP contribution >= 0.6 is 0 Å². The van der Waals surface area contributed by atoms with Gasteiger partial charge in [0.2, 0.25) is 12.7 Å². The highest BCUT2D eigenvalue weighted by molar-refractivity contribution is 5.48. The molecule has 0 bridgehead atoms. The normalized spacial score (nSPS) is 14.7. The molecule has 0 aliphatic carbocycles. The summed E-state index contributed by atoms with van der Waals surface area (Å²) in [6.07, 6.45) is 4.95. The number of nitrogens with zero attached hydrogens (tertiary/aromatic N) is 2. The third kappa shape index (κ3) is 1.05. The standard InChI is InChI=1S/C8H7N2O/c11-10-5-3-8-7(6-10)2-1-4-9-8/h1-5H,6H2/q+1. The fraction of sp³-hybridized carbons (Fsp3) is 0.125. The third-order valence-corrected chi connectivity index (χ3v) is 1.65. The van der Waals surface area contributed by atoms with E-state index in [9.17, 15) is 4.91 Å². The summed E-state index contributed by atoms with van der Waals surface area (Å²) in [5, 5.41) is 0. The molecule has 1 aromatic heterocycles. The van der Waals surface area contributed by atoms with Crippen molar-refractivity contribution in [2.75, 3.05) is 0 Å². The van der Waals surface area contributed by atoms with Crippen molar-refractivity contribution in [3.8, 4) is 0 Å². The zero-order valence-electron chi connectivity index (χ0n) is 5.90. The Labute approximate surface area is 64.0 Å². The monoisotopic (exact) mass is 147 g/mol. The van der Waals surface area contributed by atoms with Gasteiger partial charge in [-0.15, -0.1) is 0 Å². The third-order valence-electron chi connectivity index (χ3n) is 1.65. The van der Waals surface area contributed by atoms with Crippen LogP contribution in [0.15, 0.2) is 24.5 Å². The van der Waals surface area contributed by atoms with E-state index in [1.54, 1.807) is 12.3 Å². The van der Waals surface area contributed by atoms with Crippen LogP contribution in [0.3, 0.4) is 0 Å². The SMILES string of the molecule is O=[N+]1C=Cc2ncccc2C1. The van der Waals surface area contributed by atoms with E-state index in [-0.39, 0.29) is 0 Å². The Morgan fingerprint density at radius 3 is 3.36 bits per heavy atom. The lowest BCUT2D eigenvalue weighted by molar-refractivity contribution is -0.496. The first-order valence-electron chi connectivity index (χ1n) is 3.42. The fourth-order valence-electron chi connectivity index (χ4n) is 1.11. The minimum Gasteiger partial charge on any atom is -0.256 e. The predicted molar refractivity (Wildman–Crippen MR) is 40.6 cm³/mol. The van der Waals surface area contributed by atoms with E-state index < -0.39 is 0 Å². The van der Waals surface area contributed by atoms with Crippen LogP contribution in [-0.4, -0.2) is 9.74 Å². The molecule has 0 radical (unpaired) electrons. The van der Waals surface area contributed by atoms with Crippen molar-refractivity contribution in [1.29, 1.82) is 0 Å². The topological polar surface area (TPSA) is 33.0 Å². The Hall–Kier alpha value is -1.51. The summed E-state index contributed by atoms with van der Waals surface area (Å²) >= 11 is 0. The van der Waals surface area contributed by atoms with Gasteiger partial charge in [-0.3, -0.25) is 4.98 Å². The molecule has 0 fully saturated rings. The molecule has 2 heterocycles. The molecule has 0 amide bonds. The number of aromatic nitrogens is 1. The second kappa shape index (κ2) is 2.27. The lowest BCUT2D eigenvalue weighted by Crippen LogP contribution is -2.06. The van der Waals surface area contributed by atoms with Crippen molar-refractivity contribution >= 4 is 6.08 Å². The van der Waals surface area contributed by atoms with E-state index in [2.05, 4.69) is 4.98 Å². The largest absolute Gasteiger partial charge is 0.256 e. The summed E-state index contributed by atoms with van der Waals surface area (Å²) in [5.41, 5.74) is 1.89. The molecule has 54 valence electrons. The first-order chi connectivity index (χ1) is 5.36. The molecule has 0 spiro atoms. The lowest BCUT2D eigenvalue weighted by Gasteiger charge is -2.00. The fourth-order valence-corrected chi connectivity index (χ4v) is 1.11. The second-order valence-electron chi connectivity index (χ2n) is 2.44. The smallest absolute Gasteiger partial charge is 0.225 e. The van der Waals surface area contributed by atoms with Crippen molar-refractivity contribution in [2.24, 2.45) is 0 Å². The maximum absolute atomic E-state index is 10.8. The number of hydrogen-bond acceptors (Lipinski definition) is 2. The highest BCUT2D eigenvalue weighted by Crippen LogP contribution is 2.12. The second-order valence-corrected chi connectivity index (χ2v) is 2.44. The minimum atomic E-state index is 0.416. The van der Waals surface area contributed by atoms with Gasteiger partial charge in [0.05, 0.1) is 5.69 Å². The Kier molecular flexibility index (Phi) is 1.28. The highest BCUT2D eigenvalue weighted by atomic mass is 16.3. The molecular formula is C8H7N2O+. The predicted octanol–water partition coefficient (Wildman–Crippen LogP) is 1.34. The van der Waals surface area contributed by atoms with Gasteiger partial charge < -0.3 is 0 Å². The molecule has 0 saturated carbocycles. The van der Waals surface area contributed by atoms with Gasteiger partial charge in [-0.25, -0.2) is 0 Å². The maximum atomic E-state index is 10.8. The van der Waals surface area contributed by atoms with Gasteiger partial charge in [-0.05, 0) is 12.1 Å². The van der Waals surface area contributed by atoms with Crippen molar-refractivity contribution in [2.45, 2.75) is 6.54 Å². The van der Waals surface area contributed by atoms with Gasteiger partial charge >= 0.3 is 0 Å². The molecule has 1 aliphatic heterocycles. The Morgan fingerprint density at radius 1 is 1.55 bits per heavy atom. The first-order valence-corrected chi connectivity index (χ1v) is 3.42. The number of fused-ring (bicyclic) bond motifs is 1. The van der Waals surface area contributed by atoms with Gasteiger partial charge in [-0.1, -0.05) is 0 Å². The number of pyridine rings is 1. The number of rotatable bonds is 0. The molecule has 2 rings (SSSR count). The van der Waals surface area contributed by atoms with Gasteiger partial charge in [0.1, 0.15) is 0 Å². The molecule has 0 saturated heterocycles. The number of hydrogen-bond donors (Lipinski definition) is 0. The molecule has 11 heavy (non-hydrogen) atoms. The van der Waals surface area contributed by atoms with Gasteiger partial charge in [0.25, 0.3) is 0 Å². The van der Waals surface area contributed by atoms with E-state index in [4.69, 9.17) is 0 Å². The molecule has 0 N–H and O–H groups in total. The molecule has 1 aliphatic rings. The van der Waals surface area contributed by atoms with Crippen LogP contribution in [0.25, 0.3) is 6.08 Å². The Morgan fingerprint density at radius 2 is 2.45 bits per heavy atom. The van der Waals surface area contributed by atoms with Gasteiger partial charge in [0.15, 0.2) is 0 Å². The molecule has 0 unspecified atom stereocenters. The summed E-state index contributed by atoms with van der Waals surface area (Å²) in [4.78, 5) is 14.9.